The van der Waals surface area contributed by atoms with Crippen molar-refractivity contribution >= 4 is 16.8 Å². The van der Waals surface area contributed by atoms with Crippen LogP contribution in [0.1, 0.15) is 25.2 Å². The van der Waals surface area contributed by atoms with Gasteiger partial charge in [-0.2, -0.15) is 0 Å². The fraction of sp³-hybridized carbons (Fsp3) is 0.533. The zero-order chi connectivity index (χ0) is 13.1. The molecule has 0 amide bonds. The van der Waals surface area contributed by atoms with Gasteiger partial charge in [-0.3, -0.25) is 0 Å². The number of hydrogen-bond donors (Lipinski definition) is 2. The van der Waals surface area contributed by atoms with Crippen LogP contribution >= 0.6 is 0 Å². The summed E-state index contributed by atoms with van der Waals surface area (Å²) in [5.74, 6) is 1.54. The van der Waals surface area contributed by atoms with E-state index in [-0.39, 0.29) is 0 Å². The molecule has 2 heterocycles. The van der Waals surface area contributed by atoms with Gasteiger partial charge in [0.1, 0.15) is 5.52 Å². The maximum Gasteiger partial charge on any atom is 0.192 e. The van der Waals surface area contributed by atoms with Gasteiger partial charge in [0.05, 0.1) is 0 Å². The highest BCUT2D eigenvalue weighted by Gasteiger charge is 2.12. The monoisotopic (exact) mass is 259 g/mol. The standard InChI is InChI=1S/C15H21N3O/c1-11-18-14-5-4-13(9-15(14)19-11)17-8-6-12-3-2-7-16-10-12/h4-5,9,12,16-17H,2-3,6-8,10H2,1H3. The van der Waals surface area contributed by atoms with E-state index >= 15 is 0 Å². The van der Waals surface area contributed by atoms with Crippen LogP contribution in [-0.4, -0.2) is 24.6 Å². The number of aromatic nitrogens is 1. The first-order chi connectivity index (χ1) is 9.31. The van der Waals surface area contributed by atoms with Crippen LogP contribution < -0.4 is 10.6 Å². The third-order valence-electron chi connectivity index (χ3n) is 3.78. The lowest BCUT2D eigenvalue weighted by Crippen LogP contribution is -2.30. The molecular formula is C15H21N3O. The minimum atomic E-state index is 0.723. The Morgan fingerprint density at radius 3 is 3.26 bits per heavy atom. The number of oxazole rings is 1. The lowest BCUT2D eigenvalue weighted by molar-refractivity contribution is 0.364. The first kappa shape index (κ1) is 12.5. The Bertz CT molecular complexity index is 543. The third kappa shape index (κ3) is 3.07. The molecule has 2 aromatic rings. The molecule has 1 aromatic carbocycles. The van der Waals surface area contributed by atoms with E-state index in [0.717, 1.165) is 35.1 Å². The average molecular weight is 259 g/mol. The van der Waals surface area contributed by atoms with Crippen LogP contribution in [-0.2, 0) is 0 Å². The summed E-state index contributed by atoms with van der Waals surface area (Å²) in [7, 11) is 0. The Morgan fingerprint density at radius 1 is 1.47 bits per heavy atom. The molecule has 1 saturated heterocycles. The van der Waals surface area contributed by atoms with Crippen molar-refractivity contribution in [3.63, 3.8) is 0 Å². The molecule has 1 atom stereocenters. The minimum absolute atomic E-state index is 0.723. The molecule has 1 unspecified atom stereocenters. The normalized spacial score (nSPS) is 19.7. The van der Waals surface area contributed by atoms with Crippen molar-refractivity contribution in [3.05, 3.63) is 24.1 Å². The van der Waals surface area contributed by atoms with Crippen LogP contribution in [0.3, 0.4) is 0 Å². The molecule has 4 nitrogen and oxygen atoms in total. The highest BCUT2D eigenvalue weighted by Crippen LogP contribution is 2.20. The summed E-state index contributed by atoms with van der Waals surface area (Å²) in [6.45, 7) is 5.25. The van der Waals surface area contributed by atoms with E-state index in [2.05, 4.69) is 21.7 Å². The third-order valence-corrected chi connectivity index (χ3v) is 3.78. The van der Waals surface area contributed by atoms with Crippen molar-refractivity contribution in [1.29, 1.82) is 0 Å². The summed E-state index contributed by atoms with van der Waals surface area (Å²) in [5, 5.41) is 6.94. The molecule has 0 saturated carbocycles. The summed E-state index contributed by atoms with van der Waals surface area (Å²) in [5.41, 5.74) is 2.91. The summed E-state index contributed by atoms with van der Waals surface area (Å²) in [6.07, 6.45) is 3.89. The van der Waals surface area contributed by atoms with Crippen molar-refractivity contribution in [3.8, 4) is 0 Å². The highest BCUT2D eigenvalue weighted by molar-refractivity contribution is 5.77. The molecule has 0 aliphatic carbocycles. The Morgan fingerprint density at radius 2 is 2.42 bits per heavy atom. The number of piperidine rings is 1. The number of fused-ring (bicyclic) bond motifs is 1. The fourth-order valence-corrected chi connectivity index (χ4v) is 2.74. The van der Waals surface area contributed by atoms with E-state index in [1.165, 1.54) is 32.4 Å². The van der Waals surface area contributed by atoms with Crippen LogP contribution in [0.15, 0.2) is 22.6 Å². The van der Waals surface area contributed by atoms with Gasteiger partial charge in [0.25, 0.3) is 0 Å². The van der Waals surface area contributed by atoms with E-state index in [1.54, 1.807) is 0 Å². The topological polar surface area (TPSA) is 50.1 Å². The molecule has 3 rings (SSSR count). The van der Waals surface area contributed by atoms with Gasteiger partial charge in [0.2, 0.25) is 0 Å². The Kier molecular flexibility index (Phi) is 3.69. The SMILES string of the molecule is Cc1nc2ccc(NCCC3CCCNC3)cc2o1. The van der Waals surface area contributed by atoms with Gasteiger partial charge in [-0.15, -0.1) is 0 Å². The lowest BCUT2D eigenvalue weighted by Gasteiger charge is -2.22. The van der Waals surface area contributed by atoms with E-state index in [1.807, 2.05) is 19.1 Å². The minimum Gasteiger partial charge on any atom is -0.441 e. The van der Waals surface area contributed by atoms with E-state index in [4.69, 9.17) is 4.42 Å². The molecule has 2 N–H and O–H groups in total. The number of nitrogens with one attached hydrogen (secondary N) is 2. The zero-order valence-electron chi connectivity index (χ0n) is 11.4. The second kappa shape index (κ2) is 5.61. The van der Waals surface area contributed by atoms with E-state index in [0.29, 0.717) is 0 Å². The Hall–Kier alpha value is -1.55. The van der Waals surface area contributed by atoms with Gasteiger partial charge < -0.3 is 15.1 Å². The Balaban J connectivity index is 1.55. The molecule has 102 valence electrons. The fourth-order valence-electron chi connectivity index (χ4n) is 2.74. The molecule has 1 aliphatic heterocycles. The molecule has 1 aliphatic rings. The summed E-state index contributed by atoms with van der Waals surface area (Å²) >= 11 is 0. The van der Waals surface area contributed by atoms with Gasteiger partial charge in [-0.25, -0.2) is 4.98 Å². The van der Waals surface area contributed by atoms with Gasteiger partial charge in [-0.05, 0) is 50.4 Å². The molecule has 19 heavy (non-hydrogen) atoms. The second-order valence-corrected chi connectivity index (χ2v) is 5.34. The summed E-state index contributed by atoms with van der Waals surface area (Å²) < 4.78 is 5.54. The van der Waals surface area contributed by atoms with Crippen molar-refractivity contribution < 1.29 is 4.42 Å². The smallest absolute Gasteiger partial charge is 0.192 e. The predicted octanol–water partition coefficient (Wildman–Crippen LogP) is 2.94. The van der Waals surface area contributed by atoms with E-state index < -0.39 is 0 Å². The highest BCUT2D eigenvalue weighted by atomic mass is 16.3. The van der Waals surface area contributed by atoms with E-state index in [9.17, 15) is 0 Å². The first-order valence-electron chi connectivity index (χ1n) is 7.13. The predicted molar refractivity (Wildman–Crippen MR) is 77.4 cm³/mol. The van der Waals surface area contributed by atoms with Crippen LogP contribution in [0.5, 0.6) is 0 Å². The quantitative estimate of drug-likeness (QED) is 0.886. The molecule has 0 bridgehead atoms. The summed E-state index contributed by atoms with van der Waals surface area (Å²) in [4.78, 5) is 4.31. The molecule has 0 spiro atoms. The maximum atomic E-state index is 5.54. The van der Waals surface area contributed by atoms with Gasteiger partial charge in [0.15, 0.2) is 11.5 Å². The van der Waals surface area contributed by atoms with Crippen LogP contribution in [0.2, 0.25) is 0 Å². The number of hydrogen-bond acceptors (Lipinski definition) is 4. The molecule has 1 fully saturated rings. The number of anilines is 1. The summed E-state index contributed by atoms with van der Waals surface area (Å²) in [6, 6.07) is 6.12. The number of aryl methyl sites for hydroxylation is 1. The number of rotatable bonds is 4. The Labute approximate surface area is 113 Å². The van der Waals surface area contributed by atoms with Gasteiger partial charge in [-0.1, -0.05) is 0 Å². The van der Waals surface area contributed by atoms with Crippen molar-refractivity contribution in [2.24, 2.45) is 5.92 Å². The van der Waals surface area contributed by atoms with Crippen LogP contribution in [0.4, 0.5) is 5.69 Å². The largest absolute Gasteiger partial charge is 0.441 e. The number of nitrogens with zero attached hydrogens (tertiary/aromatic N) is 1. The average Bonchev–Trinajstić information content (AvgIpc) is 2.79. The molecule has 4 heteroatoms. The molecular weight excluding hydrogens is 238 g/mol. The molecule has 0 radical (unpaired) electrons. The van der Waals surface area contributed by atoms with Crippen molar-refractivity contribution in [2.75, 3.05) is 25.0 Å². The molecule has 1 aromatic heterocycles. The van der Waals surface area contributed by atoms with Gasteiger partial charge in [0, 0.05) is 25.2 Å². The second-order valence-electron chi connectivity index (χ2n) is 5.34. The van der Waals surface area contributed by atoms with Crippen LogP contribution in [0.25, 0.3) is 11.1 Å². The van der Waals surface area contributed by atoms with Crippen molar-refractivity contribution in [2.45, 2.75) is 26.2 Å². The lowest BCUT2D eigenvalue weighted by atomic mass is 9.96. The first-order valence-corrected chi connectivity index (χ1v) is 7.13. The van der Waals surface area contributed by atoms with Crippen molar-refractivity contribution in [1.82, 2.24) is 10.3 Å². The zero-order valence-corrected chi connectivity index (χ0v) is 11.4. The maximum absolute atomic E-state index is 5.54. The van der Waals surface area contributed by atoms with Gasteiger partial charge >= 0.3 is 0 Å². The number of benzene rings is 1. The van der Waals surface area contributed by atoms with Crippen LogP contribution in [0, 0.1) is 12.8 Å².